The number of hydrogen-bond acceptors (Lipinski definition) is 5. The van der Waals surface area contributed by atoms with E-state index >= 15 is 0 Å². The van der Waals surface area contributed by atoms with Gasteiger partial charge in [0.15, 0.2) is 15.6 Å². The first kappa shape index (κ1) is 18.5. The maximum atomic E-state index is 12.9. The summed E-state index contributed by atoms with van der Waals surface area (Å²) in [5.41, 5.74) is 0.561. The predicted octanol–water partition coefficient (Wildman–Crippen LogP) is 1.59. The monoisotopic (exact) mass is 368 g/mol. The number of ketones is 1. The van der Waals surface area contributed by atoms with Gasteiger partial charge in [-0.2, -0.15) is 0 Å². The number of carbonyl (C=O) groups is 1. The van der Waals surface area contributed by atoms with Gasteiger partial charge in [-0.1, -0.05) is 0 Å². The van der Waals surface area contributed by atoms with Gasteiger partial charge in [0.2, 0.25) is 0 Å². The normalized spacial score (nSPS) is 22.8. The number of likely N-dealkylation sites (tertiary alicyclic amines) is 1. The van der Waals surface area contributed by atoms with Crippen LogP contribution in [-0.4, -0.2) is 74.3 Å². The van der Waals surface area contributed by atoms with Crippen molar-refractivity contribution in [1.82, 2.24) is 9.80 Å². The molecular formula is C18H25FN2O3S. The second kappa shape index (κ2) is 7.93. The highest BCUT2D eigenvalue weighted by Crippen LogP contribution is 2.19. The molecule has 1 aromatic carbocycles. The predicted molar refractivity (Wildman–Crippen MR) is 95.0 cm³/mol. The van der Waals surface area contributed by atoms with Crippen LogP contribution < -0.4 is 0 Å². The Kier molecular flexibility index (Phi) is 5.86. The van der Waals surface area contributed by atoms with Gasteiger partial charge in [0.1, 0.15) is 5.82 Å². The third kappa shape index (κ3) is 5.09. The lowest BCUT2D eigenvalue weighted by atomic mass is 10.0. The molecule has 0 N–H and O–H groups in total. The van der Waals surface area contributed by atoms with Crippen molar-refractivity contribution in [2.24, 2.45) is 0 Å². The van der Waals surface area contributed by atoms with Crippen LogP contribution in [0.2, 0.25) is 0 Å². The summed E-state index contributed by atoms with van der Waals surface area (Å²) in [5, 5.41) is 0. The molecular weight excluding hydrogens is 343 g/mol. The maximum absolute atomic E-state index is 12.9. The van der Waals surface area contributed by atoms with Crippen LogP contribution in [0.15, 0.2) is 24.3 Å². The lowest BCUT2D eigenvalue weighted by Crippen LogP contribution is -2.50. The average molecular weight is 368 g/mol. The lowest BCUT2D eigenvalue weighted by Gasteiger charge is -2.40. The maximum Gasteiger partial charge on any atom is 0.164 e. The molecule has 25 heavy (non-hydrogen) atoms. The summed E-state index contributed by atoms with van der Waals surface area (Å²) >= 11 is 0. The summed E-state index contributed by atoms with van der Waals surface area (Å²) in [6, 6.07) is 6.16. The van der Waals surface area contributed by atoms with Crippen molar-refractivity contribution in [3.63, 3.8) is 0 Å². The number of benzene rings is 1. The zero-order chi connectivity index (χ0) is 17.9. The molecule has 0 spiro atoms. The van der Waals surface area contributed by atoms with Gasteiger partial charge in [-0.15, -0.1) is 0 Å². The van der Waals surface area contributed by atoms with Crippen molar-refractivity contribution >= 4 is 15.6 Å². The summed E-state index contributed by atoms with van der Waals surface area (Å²) < 4.78 is 36.0. The van der Waals surface area contributed by atoms with E-state index in [0.717, 1.165) is 32.5 Å². The molecule has 2 saturated heterocycles. The number of halogens is 1. The number of Topliss-reactive ketones (excluding diaryl/α,β-unsaturated/α-hetero) is 1. The number of nitrogens with zero attached hydrogens (tertiary/aromatic N) is 2. The van der Waals surface area contributed by atoms with Gasteiger partial charge < -0.3 is 4.90 Å². The van der Waals surface area contributed by atoms with Gasteiger partial charge in [0, 0.05) is 37.7 Å². The zero-order valence-electron chi connectivity index (χ0n) is 14.4. The van der Waals surface area contributed by atoms with Crippen molar-refractivity contribution in [2.45, 2.75) is 25.3 Å². The SMILES string of the molecule is O=C(CCN1CCC(N2CCS(=O)(=O)CC2)CC1)c1ccc(F)cc1. The van der Waals surface area contributed by atoms with Crippen LogP contribution in [0.3, 0.4) is 0 Å². The van der Waals surface area contributed by atoms with Crippen LogP contribution in [0, 0.1) is 5.82 Å². The molecule has 5 nitrogen and oxygen atoms in total. The van der Waals surface area contributed by atoms with Crippen molar-refractivity contribution in [1.29, 1.82) is 0 Å². The van der Waals surface area contributed by atoms with E-state index in [1.54, 1.807) is 0 Å². The summed E-state index contributed by atoms with van der Waals surface area (Å²) in [5.74, 6) is 0.270. The molecule has 7 heteroatoms. The largest absolute Gasteiger partial charge is 0.303 e. The highest BCUT2D eigenvalue weighted by Gasteiger charge is 2.29. The fourth-order valence-corrected chi connectivity index (χ4v) is 4.87. The van der Waals surface area contributed by atoms with Gasteiger partial charge in [0.05, 0.1) is 11.5 Å². The second-order valence-electron chi connectivity index (χ2n) is 6.94. The Morgan fingerprint density at radius 2 is 1.64 bits per heavy atom. The van der Waals surface area contributed by atoms with Gasteiger partial charge >= 0.3 is 0 Å². The van der Waals surface area contributed by atoms with Crippen LogP contribution in [0.1, 0.15) is 29.6 Å². The van der Waals surface area contributed by atoms with Crippen molar-refractivity contribution in [3.8, 4) is 0 Å². The number of piperidine rings is 1. The number of rotatable bonds is 5. The quantitative estimate of drug-likeness (QED) is 0.739. The van der Waals surface area contributed by atoms with Crippen molar-refractivity contribution in [2.75, 3.05) is 44.2 Å². The van der Waals surface area contributed by atoms with Crippen LogP contribution in [0.25, 0.3) is 0 Å². The van der Waals surface area contributed by atoms with Crippen LogP contribution in [0.4, 0.5) is 4.39 Å². The van der Waals surface area contributed by atoms with E-state index in [1.165, 1.54) is 24.3 Å². The minimum absolute atomic E-state index is 0.0448. The minimum atomic E-state index is -2.83. The number of carbonyl (C=O) groups excluding carboxylic acids is 1. The molecule has 0 bridgehead atoms. The topological polar surface area (TPSA) is 57.7 Å². The third-order valence-corrected chi connectivity index (χ3v) is 6.88. The third-order valence-electron chi connectivity index (χ3n) is 5.27. The van der Waals surface area contributed by atoms with Crippen molar-refractivity contribution < 1.29 is 17.6 Å². The van der Waals surface area contributed by atoms with E-state index in [4.69, 9.17) is 0 Å². The molecule has 0 atom stereocenters. The fourth-order valence-electron chi connectivity index (χ4n) is 3.64. The van der Waals surface area contributed by atoms with Crippen LogP contribution in [0.5, 0.6) is 0 Å². The van der Waals surface area contributed by atoms with Gasteiger partial charge in [-0.3, -0.25) is 9.69 Å². The highest BCUT2D eigenvalue weighted by molar-refractivity contribution is 7.91. The first-order valence-corrected chi connectivity index (χ1v) is 10.7. The Morgan fingerprint density at radius 3 is 2.24 bits per heavy atom. The van der Waals surface area contributed by atoms with E-state index in [-0.39, 0.29) is 23.1 Å². The summed E-state index contributed by atoms with van der Waals surface area (Å²) in [4.78, 5) is 16.8. The Balaban J connectivity index is 1.41. The standard InChI is InChI=1S/C18H25FN2O3S/c19-16-3-1-15(2-4-16)18(22)7-10-20-8-5-17(6-9-20)21-11-13-25(23,24)14-12-21/h1-4,17H,5-14H2. The molecule has 0 aromatic heterocycles. The van der Waals surface area contributed by atoms with E-state index in [9.17, 15) is 17.6 Å². The molecule has 2 fully saturated rings. The van der Waals surface area contributed by atoms with E-state index < -0.39 is 9.84 Å². The first-order valence-electron chi connectivity index (χ1n) is 8.88. The smallest absolute Gasteiger partial charge is 0.164 e. The summed E-state index contributed by atoms with van der Waals surface area (Å²) in [7, 11) is -2.83. The average Bonchev–Trinajstić information content (AvgIpc) is 2.61. The fraction of sp³-hybridized carbons (Fsp3) is 0.611. The number of hydrogen-bond donors (Lipinski definition) is 0. The van der Waals surface area contributed by atoms with E-state index in [1.807, 2.05) is 0 Å². The van der Waals surface area contributed by atoms with Gasteiger partial charge in [-0.25, -0.2) is 12.8 Å². The molecule has 0 radical (unpaired) electrons. The molecule has 0 unspecified atom stereocenters. The number of sulfone groups is 1. The highest BCUT2D eigenvalue weighted by atomic mass is 32.2. The summed E-state index contributed by atoms with van der Waals surface area (Å²) in [6.07, 6.45) is 2.48. The second-order valence-corrected chi connectivity index (χ2v) is 9.24. The Morgan fingerprint density at radius 1 is 1.04 bits per heavy atom. The molecule has 0 saturated carbocycles. The minimum Gasteiger partial charge on any atom is -0.303 e. The van der Waals surface area contributed by atoms with E-state index in [2.05, 4.69) is 9.80 Å². The molecule has 0 aliphatic carbocycles. The Bertz CT molecular complexity index is 684. The van der Waals surface area contributed by atoms with Crippen LogP contribution in [-0.2, 0) is 9.84 Å². The summed E-state index contributed by atoms with van der Waals surface area (Å²) in [6.45, 7) is 3.89. The molecule has 1 aromatic rings. The Labute approximate surface area is 148 Å². The molecule has 3 rings (SSSR count). The molecule has 138 valence electrons. The molecule has 2 heterocycles. The molecule has 2 aliphatic rings. The molecule has 0 amide bonds. The van der Waals surface area contributed by atoms with Crippen molar-refractivity contribution in [3.05, 3.63) is 35.6 Å². The van der Waals surface area contributed by atoms with Gasteiger partial charge in [0.25, 0.3) is 0 Å². The first-order chi connectivity index (χ1) is 11.9. The molecule has 2 aliphatic heterocycles. The van der Waals surface area contributed by atoms with E-state index in [0.29, 0.717) is 31.1 Å². The van der Waals surface area contributed by atoms with Gasteiger partial charge in [-0.05, 0) is 50.2 Å². The zero-order valence-corrected chi connectivity index (χ0v) is 15.2. The lowest BCUT2D eigenvalue weighted by molar-refractivity contribution is 0.0916. The van der Waals surface area contributed by atoms with Crippen LogP contribution >= 0.6 is 0 Å². The Hall–Kier alpha value is -1.31.